The van der Waals surface area contributed by atoms with Crippen molar-refractivity contribution in [2.45, 2.75) is 84.6 Å². The molecular weight excluding hydrogens is 458 g/mol. The number of carbonyl (C=O) groups is 3. The highest BCUT2D eigenvalue weighted by molar-refractivity contribution is 6.07. The van der Waals surface area contributed by atoms with Crippen LogP contribution in [0.4, 0.5) is 16.3 Å². The maximum Gasteiger partial charge on any atom is 0.317 e. The highest BCUT2D eigenvalue weighted by Gasteiger charge is 2.48. The number of hydrogen-bond acceptors (Lipinski definition) is 5. The van der Waals surface area contributed by atoms with E-state index in [1.165, 1.54) is 0 Å². The van der Waals surface area contributed by atoms with Gasteiger partial charge < -0.3 is 25.6 Å². The van der Waals surface area contributed by atoms with Crippen molar-refractivity contribution in [3.63, 3.8) is 0 Å². The third kappa shape index (κ3) is 6.75. The first kappa shape index (κ1) is 27.9. The van der Waals surface area contributed by atoms with Gasteiger partial charge in [-0.15, -0.1) is 0 Å². The molecule has 3 heterocycles. The molecule has 0 aromatic carbocycles. The number of pyridine rings is 1. The molecule has 200 valence electrons. The largest absolute Gasteiger partial charge is 0.381 e. The zero-order valence-corrected chi connectivity index (χ0v) is 22.7. The fraction of sp³-hybridized carbons (Fsp3) is 0.704. The van der Waals surface area contributed by atoms with Crippen molar-refractivity contribution in [3.8, 4) is 0 Å². The Labute approximate surface area is 215 Å². The van der Waals surface area contributed by atoms with Crippen LogP contribution in [-0.4, -0.2) is 60.6 Å². The molecule has 3 N–H and O–H groups in total. The standard InChI is InChI=1S/C27H43N5O4/c1-7-8-18(2)9-10-20(30-25(35)32(6)17-26(3,4)5)23(33)31-22-15-21-19(16-28-22)27(24(34)29-21)11-13-36-14-12-27/h15-16,18,20H,7-14,17H2,1-6H3,(H,29,34)(H,30,35)(H,28,31,33)/t18-,20-/m0/s1. The van der Waals surface area contributed by atoms with Gasteiger partial charge in [-0.05, 0) is 37.0 Å². The number of urea groups is 1. The molecule has 2 aliphatic rings. The Morgan fingerprint density at radius 2 is 1.92 bits per heavy atom. The van der Waals surface area contributed by atoms with Gasteiger partial charge in [0.15, 0.2) is 0 Å². The first-order chi connectivity index (χ1) is 16.9. The van der Waals surface area contributed by atoms with Crippen molar-refractivity contribution in [3.05, 3.63) is 17.8 Å². The van der Waals surface area contributed by atoms with E-state index in [-0.39, 0.29) is 23.3 Å². The number of aromatic nitrogens is 1. The second-order valence-corrected chi connectivity index (χ2v) is 11.6. The molecule has 0 unspecified atom stereocenters. The Hall–Kier alpha value is -2.68. The molecule has 3 rings (SSSR count). The molecule has 1 aromatic heterocycles. The van der Waals surface area contributed by atoms with Gasteiger partial charge in [0.25, 0.3) is 0 Å². The van der Waals surface area contributed by atoms with Gasteiger partial charge in [-0.2, -0.15) is 0 Å². The average Bonchev–Trinajstić information content (AvgIpc) is 3.06. The average molecular weight is 502 g/mol. The highest BCUT2D eigenvalue weighted by Crippen LogP contribution is 2.44. The number of ether oxygens (including phenoxy) is 1. The summed E-state index contributed by atoms with van der Waals surface area (Å²) >= 11 is 0. The van der Waals surface area contributed by atoms with Crippen LogP contribution in [0.5, 0.6) is 0 Å². The lowest BCUT2D eigenvalue weighted by Crippen LogP contribution is -2.50. The fourth-order valence-corrected chi connectivity index (χ4v) is 5.20. The van der Waals surface area contributed by atoms with Gasteiger partial charge in [0, 0.05) is 44.6 Å². The van der Waals surface area contributed by atoms with Gasteiger partial charge in [0.2, 0.25) is 11.8 Å². The molecule has 0 saturated carbocycles. The van der Waals surface area contributed by atoms with Crippen molar-refractivity contribution in [1.82, 2.24) is 15.2 Å². The normalized spacial score (nSPS) is 18.2. The van der Waals surface area contributed by atoms with Crippen molar-refractivity contribution >= 4 is 29.4 Å². The molecule has 1 spiro atoms. The molecule has 1 saturated heterocycles. The minimum atomic E-state index is -0.689. The second-order valence-electron chi connectivity index (χ2n) is 11.6. The summed E-state index contributed by atoms with van der Waals surface area (Å²) in [6, 6.07) is 0.745. The Morgan fingerprint density at radius 3 is 2.56 bits per heavy atom. The minimum absolute atomic E-state index is 0.0389. The maximum atomic E-state index is 13.3. The smallest absolute Gasteiger partial charge is 0.317 e. The summed E-state index contributed by atoms with van der Waals surface area (Å²) < 4.78 is 5.46. The lowest BCUT2D eigenvalue weighted by atomic mass is 9.76. The van der Waals surface area contributed by atoms with Gasteiger partial charge >= 0.3 is 6.03 Å². The molecule has 4 amide bonds. The fourth-order valence-electron chi connectivity index (χ4n) is 5.20. The van der Waals surface area contributed by atoms with Gasteiger partial charge in [-0.1, -0.05) is 47.5 Å². The molecule has 0 radical (unpaired) electrons. The summed E-state index contributed by atoms with van der Waals surface area (Å²) in [6.07, 6.45) is 6.43. The summed E-state index contributed by atoms with van der Waals surface area (Å²) in [5.74, 6) is 0.460. The van der Waals surface area contributed by atoms with E-state index in [1.807, 2.05) is 0 Å². The Morgan fingerprint density at radius 1 is 1.22 bits per heavy atom. The number of fused-ring (bicyclic) bond motifs is 2. The van der Waals surface area contributed by atoms with Gasteiger partial charge in [-0.3, -0.25) is 9.59 Å². The summed E-state index contributed by atoms with van der Waals surface area (Å²) in [5.41, 5.74) is 0.873. The summed E-state index contributed by atoms with van der Waals surface area (Å²) in [7, 11) is 1.74. The maximum absolute atomic E-state index is 13.3. The number of nitrogens with zero attached hydrogens (tertiary/aromatic N) is 2. The zero-order valence-electron chi connectivity index (χ0n) is 22.7. The molecule has 2 atom stereocenters. The number of carbonyl (C=O) groups excluding carboxylic acids is 3. The Balaban J connectivity index is 1.72. The molecule has 1 fully saturated rings. The first-order valence-corrected chi connectivity index (χ1v) is 13.2. The van der Waals surface area contributed by atoms with Crippen LogP contribution in [0.1, 0.15) is 78.7 Å². The van der Waals surface area contributed by atoms with Crippen LogP contribution < -0.4 is 16.0 Å². The van der Waals surface area contributed by atoms with Crippen LogP contribution in [0.2, 0.25) is 0 Å². The number of anilines is 2. The predicted molar refractivity (Wildman–Crippen MR) is 141 cm³/mol. The molecule has 0 aliphatic carbocycles. The molecule has 9 heteroatoms. The van der Waals surface area contributed by atoms with Gasteiger partial charge in [0.05, 0.1) is 11.1 Å². The van der Waals surface area contributed by atoms with Crippen LogP contribution in [-0.2, 0) is 19.7 Å². The van der Waals surface area contributed by atoms with Crippen LogP contribution in [0.15, 0.2) is 12.3 Å². The molecule has 0 bridgehead atoms. The second kappa shape index (κ2) is 11.6. The molecule has 2 aliphatic heterocycles. The van der Waals surface area contributed by atoms with Crippen molar-refractivity contribution in [2.24, 2.45) is 11.3 Å². The SMILES string of the molecule is CCC[C@H](C)CC[C@H](NC(=O)N(C)CC(C)(C)C)C(=O)Nc1cc2c(cn1)C1(CCOCC1)C(=O)N2. The molecular formula is C27H43N5O4. The van der Waals surface area contributed by atoms with E-state index in [0.717, 1.165) is 24.8 Å². The molecule has 9 nitrogen and oxygen atoms in total. The topological polar surface area (TPSA) is 113 Å². The van der Waals surface area contributed by atoms with E-state index in [0.29, 0.717) is 56.4 Å². The number of hydrogen-bond donors (Lipinski definition) is 3. The Kier molecular flexibility index (Phi) is 8.98. The van der Waals surface area contributed by atoms with Gasteiger partial charge in [0.1, 0.15) is 11.9 Å². The third-order valence-electron chi connectivity index (χ3n) is 7.10. The third-order valence-corrected chi connectivity index (χ3v) is 7.10. The monoisotopic (exact) mass is 501 g/mol. The lowest BCUT2D eigenvalue weighted by molar-refractivity contribution is -0.124. The van der Waals surface area contributed by atoms with E-state index in [9.17, 15) is 14.4 Å². The summed E-state index contributed by atoms with van der Waals surface area (Å²) in [4.78, 5) is 45.1. The van der Waals surface area contributed by atoms with E-state index in [4.69, 9.17) is 4.74 Å². The number of rotatable bonds is 9. The van der Waals surface area contributed by atoms with Crippen LogP contribution in [0.3, 0.4) is 0 Å². The number of nitrogens with one attached hydrogen (secondary N) is 3. The highest BCUT2D eigenvalue weighted by atomic mass is 16.5. The lowest BCUT2D eigenvalue weighted by Gasteiger charge is -2.31. The van der Waals surface area contributed by atoms with Crippen LogP contribution in [0, 0.1) is 11.3 Å². The minimum Gasteiger partial charge on any atom is -0.381 e. The quantitative estimate of drug-likeness (QED) is 0.467. The van der Waals surface area contributed by atoms with Gasteiger partial charge in [-0.25, -0.2) is 9.78 Å². The van der Waals surface area contributed by atoms with E-state index in [2.05, 4.69) is 55.6 Å². The van der Waals surface area contributed by atoms with E-state index >= 15 is 0 Å². The first-order valence-electron chi connectivity index (χ1n) is 13.2. The van der Waals surface area contributed by atoms with E-state index in [1.54, 1.807) is 24.2 Å². The van der Waals surface area contributed by atoms with Crippen molar-refractivity contribution in [2.75, 3.05) is 37.4 Å². The molecule has 1 aromatic rings. The Bertz CT molecular complexity index is 952. The van der Waals surface area contributed by atoms with Crippen molar-refractivity contribution in [1.29, 1.82) is 0 Å². The summed E-state index contributed by atoms with van der Waals surface area (Å²) in [5, 5.41) is 8.75. The number of amides is 4. The van der Waals surface area contributed by atoms with Crippen LogP contribution in [0.25, 0.3) is 0 Å². The predicted octanol–water partition coefficient (Wildman–Crippen LogP) is 4.29. The molecule has 36 heavy (non-hydrogen) atoms. The summed E-state index contributed by atoms with van der Waals surface area (Å²) in [6.45, 7) is 12.1. The van der Waals surface area contributed by atoms with E-state index < -0.39 is 11.5 Å². The van der Waals surface area contributed by atoms with Crippen molar-refractivity contribution < 1.29 is 19.1 Å². The van der Waals surface area contributed by atoms with Crippen LogP contribution >= 0.6 is 0 Å². The zero-order chi connectivity index (χ0) is 26.5.